The normalized spacial score (nSPS) is 14.7. The molecule has 2 N–H and O–H groups in total. The zero-order chi connectivity index (χ0) is 17.0. The molecule has 124 valence electrons. The SMILES string of the molecule is O=C(NCC1(c2ccc(C(=O)O)cc2)CC1)OCc1ccccc1. The summed E-state index contributed by atoms with van der Waals surface area (Å²) in [5.41, 5.74) is 2.17. The molecular formula is C19H19NO4. The smallest absolute Gasteiger partial charge is 0.407 e. The molecule has 0 bridgehead atoms. The molecule has 1 amide bonds. The van der Waals surface area contributed by atoms with Gasteiger partial charge in [0.25, 0.3) is 0 Å². The number of benzene rings is 2. The monoisotopic (exact) mass is 325 g/mol. The first-order valence-electron chi connectivity index (χ1n) is 7.87. The largest absolute Gasteiger partial charge is 0.478 e. The molecule has 0 saturated heterocycles. The number of carbonyl (C=O) groups excluding carboxylic acids is 1. The lowest BCUT2D eigenvalue weighted by molar-refractivity contribution is 0.0696. The molecule has 2 aromatic rings. The number of carboxylic acid groups (broad SMARTS) is 1. The van der Waals surface area contributed by atoms with Crippen molar-refractivity contribution in [2.75, 3.05) is 6.54 Å². The van der Waals surface area contributed by atoms with E-state index in [0.29, 0.717) is 6.54 Å². The molecule has 24 heavy (non-hydrogen) atoms. The lowest BCUT2D eigenvalue weighted by Crippen LogP contribution is -2.32. The maximum Gasteiger partial charge on any atom is 0.407 e. The third-order valence-electron chi connectivity index (χ3n) is 4.38. The standard InChI is InChI=1S/C19H19NO4/c21-17(22)15-6-8-16(9-7-15)19(10-11-19)13-20-18(23)24-12-14-4-2-1-3-5-14/h1-9H,10-13H2,(H,20,23)(H,21,22). The number of aromatic carboxylic acids is 1. The van der Waals surface area contributed by atoms with E-state index in [4.69, 9.17) is 9.84 Å². The van der Waals surface area contributed by atoms with Gasteiger partial charge in [-0.3, -0.25) is 0 Å². The quantitative estimate of drug-likeness (QED) is 0.854. The number of carbonyl (C=O) groups is 2. The molecule has 1 fully saturated rings. The van der Waals surface area contributed by atoms with Crippen LogP contribution >= 0.6 is 0 Å². The molecule has 2 aromatic carbocycles. The van der Waals surface area contributed by atoms with E-state index in [-0.39, 0.29) is 17.6 Å². The van der Waals surface area contributed by atoms with E-state index in [9.17, 15) is 9.59 Å². The summed E-state index contributed by atoms with van der Waals surface area (Å²) in [6.45, 7) is 0.736. The first-order valence-corrected chi connectivity index (χ1v) is 7.87. The van der Waals surface area contributed by atoms with Crippen molar-refractivity contribution < 1.29 is 19.4 Å². The van der Waals surface area contributed by atoms with Crippen LogP contribution in [-0.2, 0) is 16.8 Å². The van der Waals surface area contributed by atoms with Crippen LogP contribution in [0.2, 0.25) is 0 Å². The Labute approximate surface area is 140 Å². The predicted molar refractivity (Wildman–Crippen MR) is 88.9 cm³/mol. The number of alkyl carbamates (subject to hydrolysis) is 1. The highest BCUT2D eigenvalue weighted by molar-refractivity contribution is 5.87. The Morgan fingerprint density at radius 3 is 2.29 bits per heavy atom. The fourth-order valence-electron chi connectivity index (χ4n) is 2.70. The molecule has 5 heteroatoms. The summed E-state index contributed by atoms with van der Waals surface area (Å²) in [6, 6.07) is 16.4. The van der Waals surface area contributed by atoms with Gasteiger partial charge in [0.1, 0.15) is 6.61 Å². The highest BCUT2D eigenvalue weighted by Crippen LogP contribution is 2.47. The lowest BCUT2D eigenvalue weighted by Gasteiger charge is -2.17. The number of rotatable bonds is 6. The second kappa shape index (κ2) is 6.74. The molecule has 1 aliphatic carbocycles. The van der Waals surface area contributed by atoms with Gasteiger partial charge < -0.3 is 15.2 Å². The Balaban J connectivity index is 1.52. The average molecular weight is 325 g/mol. The van der Waals surface area contributed by atoms with Crippen LogP contribution in [0, 0.1) is 0 Å². The van der Waals surface area contributed by atoms with E-state index in [1.807, 2.05) is 42.5 Å². The van der Waals surface area contributed by atoms with Crippen molar-refractivity contribution in [2.24, 2.45) is 0 Å². The van der Waals surface area contributed by atoms with Gasteiger partial charge in [0.05, 0.1) is 5.56 Å². The molecule has 5 nitrogen and oxygen atoms in total. The van der Waals surface area contributed by atoms with Crippen molar-refractivity contribution in [2.45, 2.75) is 24.9 Å². The van der Waals surface area contributed by atoms with Crippen LogP contribution in [-0.4, -0.2) is 23.7 Å². The first kappa shape index (κ1) is 16.1. The molecule has 0 aliphatic heterocycles. The topological polar surface area (TPSA) is 75.6 Å². The van der Waals surface area contributed by atoms with Gasteiger partial charge in [-0.2, -0.15) is 0 Å². The average Bonchev–Trinajstić information content (AvgIpc) is 3.40. The minimum absolute atomic E-state index is 0.0944. The summed E-state index contributed by atoms with van der Waals surface area (Å²) >= 11 is 0. The van der Waals surface area contributed by atoms with E-state index >= 15 is 0 Å². The minimum atomic E-state index is -0.936. The van der Waals surface area contributed by atoms with Crippen molar-refractivity contribution in [3.05, 3.63) is 71.3 Å². The van der Waals surface area contributed by atoms with Crippen LogP contribution in [0.4, 0.5) is 4.79 Å². The third-order valence-corrected chi connectivity index (χ3v) is 4.38. The molecule has 0 spiro atoms. The van der Waals surface area contributed by atoms with Crippen LogP contribution in [0.15, 0.2) is 54.6 Å². The number of carboxylic acids is 1. The Hall–Kier alpha value is -2.82. The van der Waals surface area contributed by atoms with Crippen molar-refractivity contribution >= 4 is 12.1 Å². The Morgan fingerprint density at radius 2 is 1.71 bits per heavy atom. The molecule has 0 radical (unpaired) electrons. The van der Waals surface area contributed by atoms with E-state index in [0.717, 1.165) is 24.0 Å². The van der Waals surface area contributed by atoms with Crippen LogP contribution in [0.5, 0.6) is 0 Å². The Kier molecular flexibility index (Phi) is 4.51. The highest BCUT2D eigenvalue weighted by atomic mass is 16.5. The van der Waals surface area contributed by atoms with Crippen LogP contribution < -0.4 is 5.32 Å². The van der Waals surface area contributed by atoms with Gasteiger partial charge in [-0.05, 0) is 36.1 Å². The zero-order valence-corrected chi connectivity index (χ0v) is 13.2. The van der Waals surface area contributed by atoms with Crippen molar-refractivity contribution in [3.8, 4) is 0 Å². The van der Waals surface area contributed by atoms with E-state index in [1.165, 1.54) is 0 Å². The van der Waals surface area contributed by atoms with E-state index in [1.54, 1.807) is 12.1 Å². The predicted octanol–water partition coefficient (Wildman–Crippen LogP) is 3.34. The first-order chi connectivity index (χ1) is 11.6. The van der Waals surface area contributed by atoms with Crippen molar-refractivity contribution in [3.63, 3.8) is 0 Å². The van der Waals surface area contributed by atoms with Crippen LogP contribution in [0.3, 0.4) is 0 Å². The summed E-state index contributed by atoms with van der Waals surface area (Å²) in [5, 5.41) is 11.8. The summed E-state index contributed by atoms with van der Waals surface area (Å²) in [6.07, 6.45) is 1.50. The third kappa shape index (κ3) is 3.74. The Bertz CT molecular complexity index is 721. The molecular weight excluding hydrogens is 306 g/mol. The molecule has 0 aromatic heterocycles. The van der Waals surface area contributed by atoms with Gasteiger partial charge >= 0.3 is 12.1 Å². The molecule has 1 aliphatic rings. The molecule has 1 saturated carbocycles. The second-order valence-electron chi connectivity index (χ2n) is 6.08. The molecule has 0 unspecified atom stereocenters. The summed E-state index contributed by atoms with van der Waals surface area (Å²) in [4.78, 5) is 22.8. The Morgan fingerprint density at radius 1 is 1.04 bits per heavy atom. The molecule has 0 atom stereocenters. The van der Waals surface area contributed by atoms with E-state index in [2.05, 4.69) is 5.32 Å². The van der Waals surface area contributed by atoms with E-state index < -0.39 is 12.1 Å². The van der Waals surface area contributed by atoms with Gasteiger partial charge in [0, 0.05) is 12.0 Å². The zero-order valence-electron chi connectivity index (χ0n) is 13.2. The van der Waals surface area contributed by atoms with Gasteiger partial charge in [-0.25, -0.2) is 9.59 Å². The van der Waals surface area contributed by atoms with Crippen LogP contribution in [0.1, 0.15) is 34.3 Å². The summed E-state index contributed by atoms with van der Waals surface area (Å²) in [7, 11) is 0. The van der Waals surface area contributed by atoms with Crippen molar-refractivity contribution in [1.82, 2.24) is 5.32 Å². The number of nitrogens with one attached hydrogen (secondary N) is 1. The van der Waals surface area contributed by atoms with Gasteiger partial charge in [0.15, 0.2) is 0 Å². The minimum Gasteiger partial charge on any atom is -0.478 e. The van der Waals surface area contributed by atoms with Gasteiger partial charge in [0.2, 0.25) is 0 Å². The number of hydrogen-bond donors (Lipinski definition) is 2. The molecule has 3 rings (SSSR count). The number of ether oxygens (including phenoxy) is 1. The van der Waals surface area contributed by atoms with Crippen LogP contribution in [0.25, 0.3) is 0 Å². The second-order valence-corrected chi connectivity index (χ2v) is 6.08. The summed E-state index contributed by atoms with van der Waals surface area (Å²) < 4.78 is 5.21. The number of amides is 1. The van der Waals surface area contributed by atoms with Crippen molar-refractivity contribution in [1.29, 1.82) is 0 Å². The van der Waals surface area contributed by atoms with Gasteiger partial charge in [-0.15, -0.1) is 0 Å². The lowest BCUT2D eigenvalue weighted by atomic mass is 9.95. The maximum absolute atomic E-state index is 11.9. The fourth-order valence-corrected chi connectivity index (χ4v) is 2.70. The number of hydrogen-bond acceptors (Lipinski definition) is 3. The van der Waals surface area contributed by atoms with Gasteiger partial charge in [-0.1, -0.05) is 42.5 Å². The maximum atomic E-state index is 11.9. The highest BCUT2D eigenvalue weighted by Gasteiger charge is 2.44. The fraction of sp³-hybridized carbons (Fsp3) is 0.263. The molecule has 0 heterocycles. The summed E-state index contributed by atoms with van der Waals surface area (Å²) in [5.74, 6) is -0.936.